The predicted molar refractivity (Wildman–Crippen MR) is 95.2 cm³/mol. The average Bonchev–Trinajstić information content (AvgIpc) is 2.40. The third-order valence-corrected chi connectivity index (χ3v) is 3.84. The minimum Gasteiger partial charge on any atom is -0.456 e. The molecule has 0 bridgehead atoms. The summed E-state index contributed by atoms with van der Waals surface area (Å²) >= 11 is 8.53. The number of rotatable bonds is 3. The summed E-state index contributed by atoms with van der Waals surface area (Å²) in [6.07, 6.45) is 0. The van der Waals surface area contributed by atoms with Crippen molar-refractivity contribution in [3.05, 3.63) is 58.1 Å². The topological polar surface area (TPSA) is 35.2 Å². The van der Waals surface area contributed by atoms with Gasteiger partial charge in [0, 0.05) is 10.0 Å². The van der Waals surface area contributed by atoms with Gasteiger partial charge in [-0.25, -0.2) is 0 Å². The van der Waals surface area contributed by atoms with Crippen LogP contribution in [-0.2, 0) is 5.41 Å². The quantitative estimate of drug-likeness (QED) is 0.763. The average molecular weight is 364 g/mol. The lowest BCUT2D eigenvalue weighted by atomic mass is 9.86. The molecule has 0 unspecified atom stereocenters. The smallest absolute Gasteiger partial charge is 0.137 e. The van der Waals surface area contributed by atoms with E-state index in [4.69, 9.17) is 22.7 Å². The van der Waals surface area contributed by atoms with Gasteiger partial charge in [-0.15, -0.1) is 0 Å². The highest BCUT2D eigenvalue weighted by atomic mass is 79.9. The second-order valence-electron chi connectivity index (χ2n) is 5.85. The zero-order valence-electron chi connectivity index (χ0n) is 12.3. The Morgan fingerprint density at radius 3 is 2.38 bits per heavy atom. The Hall–Kier alpha value is -1.39. The molecule has 2 rings (SSSR count). The second-order valence-corrected chi connectivity index (χ2v) is 7.21. The first-order valence-corrected chi connectivity index (χ1v) is 7.86. The van der Waals surface area contributed by atoms with Gasteiger partial charge in [-0.2, -0.15) is 0 Å². The molecule has 0 amide bonds. The number of halogens is 1. The lowest BCUT2D eigenvalue weighted by Crippen LogP contribution is -2.14. The summed E-state index contributed by atoms with van der Waals surface area (Å²) in [5.41, 5.74) is 7.65. The Bertz CT molecular complexity index is 677. The molecule has 4 heteroatoms. The summed E-state index contributed by atoms with van der Waals surface area (Å²) in [5.74, 6) is 1.49. The molecule has 21 heavy (non-hydrogen) atoms. The Morgan fingerprint density at radius 1 is 1.10 bits per heavy atom. The van der Waals surface area contributed by atoms with Gasteiger partial charge in [0.2, 0.25) is 0 Å². The molecule has 0 fully saturated rings. The minimum atomic E-state index is -0.00462. The zero-order valence-corrected chi connectivity index (χ0v) is 14.7. The predicted octanol–water partition coefficient (Wildman–Crippen LogP) is 5.17. The number of ether oxygens (including phenoxy) is 1. The van der Waals surface area contributed by atoms with E-state index in [0.717, 1.165) is 21.3 Å². The fraction of sp³-hybridized carbons (Fsp3) is 0.235. The fourth-order valence-electron chi connectivity index (χ4n) is 2.08. The summed E-state index contributed by atoms with van der Waals surface area (Å²) in [4.78, 5) is 0.319. The molecule has 0 heterocycles. The molecule has 2 aromatic carbocycles. The normalized spacial score (nSPS) is 11.2. The van der Waals surface area contributed by atoms with Gasteiger partial charge in [-0.3, -0.25) is 0 Å². The maximum Gasteiger partial charge on any atom is 0.137 e. The molecular formula is C17H18BrNOS. The van der Waals surface area contributed by atoms with Gasteiger partial charge in [0.15, 0.2) is 0 Å². The van der Waals surface area contributed by atoms with E-state index < -0.39 is 0 Å². The molecule has 0 aromatic heterocycles. The van der Waals surface area contributed by atoms with Crippen LogP contribution in [0, 0.1) is 0 Å². The van der Waals surface area contributed by atoms with Gasteiger partial charge in [-0.05, 0) is 29.7 Å². The van der Waals surface area contributed by atoms with Crippen LogP contribution in [0.15, 0.2) is 46.9 Å². The number of benzene rings is 2. The van der Waals surface area contributed by atoms with Crippen LogP contribution in [0.25, 0.3) is 0 Å². The van der Waals surface area contributed by atoms with E-state index >= 15 is 0 Å². The van der Waals surface area contributed by atoms with Gasteiger partial charge < -0.3 is 10.5 Å². The van der Waals surface area contributed by atoms with Crippen molar-refractivity contribution in [2.24, 2.45) is 5.73 Å². The van der Waals surface area contributed by atoms with Crippen LogP contribution in [0.1, 0.15) is 31.9 Å². The number of nitrogens with two attached hydrogens (primary N) is 1. The molecular weight excluding hydrogens is 346 g/mol. The number of thiocarbonyl (C=S) groups is 1. The van der Waals surface area contributed by atoms with Gasteiger partial charge in [0.1, 0.15) is 16.5 Å². The van der Waals surface area contributed by atoms with Crippen molar-refractivity contribution in [3.8, 4) is 11.5 Å². The third-order valence-electron chi connectivity index (χ3n) is 3.12. The highest BCUT2D eigenvalue weighted by molar-refractivity contribution is 9.10. The molecule has 2 N–H and O–H groups in total. The largest absolute Gasteiger partial charge is 0.456 e. The molecule has 0 aliphatic carbocycles. The third kappa shape index (κ3) is 3.83. The maximum absolute atomic E-state index is 6.10. The second kappa shape index (κ2) is 6.16. The van der Waals surface area contributed by atoms with E-state index in [1.165, 1.54) is 0 Å². The summed E-state index contributed by atoms with van der Waals surface area (Å²) in [6.45, 7) is 6.47. The van der Waals surface area contributed by atoms with Crippen molar-refractivity contribution in [2.75, 3.05) is 0 Å². The van der Waals surface area contributed by atoms with E-state index in [1.807, 2.05) is 36.4 Å². The number of para-hydroxylation sites is 1. The SMILES string of the molecule is CC(C)(C)c1ccccc1Oc1ccc(Br)cc1C(N)=S. The van der Waals surface area contributed by atoms with Gasteiger partial charge >= 0.3 is 0 Å². The van der Waals surface area contributed by atoms with Crippen LogP contribution in [0.3, 0.4) is 0 Å². The molecule has 2 nitrogen and oxygen atoms in total. The molecule has 0 spiro atoms. The van der Waals surface area contributed by atoms with Crippen molar-refractivity contribution < 1.29 is 4.74 Å². The molecule has 0 atom stereocenters. The van der Waals surface area contributed by atoms with Crippen molar-refractivity contribution in [1.29, 1.82) is 0 Å². The Morgan fingerprint density at radius 2 is 1.76 bits per heavy atom. The van der Waals surface area contributed by atoms with E-state index in [-0.39, 0.29) is 5.41 Å². The monoisotopic (exact) mass is 363 g/mol. The molecule has 0 saturated heterocycles. The van der Waals surface area contributed by atoms with Crippen LogP contribution in [-0.4, -0.2) is 4.99 Å². The van der Waals surface area contributed by atoms with Crippen LogP contribution in [0.2, 0.25) is 0 Å². The highest BCUT2D eigenvalue weighted by Crippen LogP contribution is 2.35. The molecule has 0 radical (unpaired) electrons. The van der Waals surface area contributed by atoms with Crippen LogP contribution in [0.5, 0.6) is 11.5 Å². The lowest BCUT2D eigenvalue weighted by molar-refractivity contribution is 0.454. The van der Waals surface area contributed by atoms with Crippen LogP contribution >= 0.6 is 28.1 Å². The van der Waals surface area contributed by atoms with E-state index in [1.54, 1.807) is 0 Å². The zero-order chi connectivity index (χ0) is 15.6. The molecule has 0 saturated carbocycles. The standard InChI is InChI=1S/C17H18BrNOS/c1-17(2,3)13-6-4-5-7-15(13)20-14-9-8-11(18)10-12(14)16(19)21/h4-10H,1-3H3,(H2,19,21). The summed E-state index contributed by atoms with van der Waals surface area (Å²) in [6, 6.07) is 13.7. The van der Waals surface area contributed by atoms with Crippen molar-refractivity contribution in [1.82, 2.24) is 0 Å². The van der Waals surface area contributed by atoms with Gasteiger partial charge in [-0.1, -0.05) is 67.1 Å². The van der Waals surface area contributed by atoms with Crippen molar-refractivity contribution in [2.45, 2.75) is 26.2 Å². The number of hydrogen-bond donors (Lipinski definition) is 1. The lowest BCUT2D eigenvalue weighted by Gasteiger charge is -2.23. The first kappa shape index (κ1) is 16.0. The van der Waals surface area contributed by atoms with Gasteiger partial charge in [0.25, 0.3) is 0 Å². The molecule has 0 aliphatic rings. The molecule has 2 aromatic rings. The molecule has 110 valence electrons. The van der Waals surface area contributed by atoms with E-state index in [2.05, 4.69) is 42.8 Å². The Balaban J connectivity index is 2.47. The summed E-state index contributed by atoms with van der Waals surface area (Å²) < 4.78 is 7.01. The summed E-state index contributed by atoms with van der Waals surface area (Å²) in [7, 11) is 0. The number of hydrogen-bond acceptors (Lipinski definition) is 2. The molecule has 0 aliphatic heterocycles. The van der Waals surface area contributed by atoms with Crippen molar-refractivity contribution in [3.63, 3.8) is 0 Å². The van der Waals surface area contributed by atoms with E-state index in [0.29, 0.717) is 10.7 Å². The van der Waals surface area contributed by atoms with Crippen molar-refractivity contribution >= 4 is 33.1 Å². The Kier molecular flexibility index (Phi) is 4.69. The highest BCUT2D eigenvalue weighted by Gasteiger charge is 2.19. The minimum absolute atomic E-state index is 0.00462. The first-order valence-electron chi connectivity index (χ1n) is 6.66. The maximum atomic E-state index is 6.10. The first-order chi connectivity index (χ1) is 9.79. The van der Waals surface area contributed by atoms with E-state index in [9.17, 15) is 0 Å². The Labute approximate surface area is 139 Å². The summed E-state index contributed by atoms with van der Waals surface area (Å²) in [5, 5.41) is 0. The van der Waals surface area contributed by atoms with Crippen LogP contribution in [0.4, 0.5) is 0 Å². The fourth-order valence-corrected chi connectivity index (χ4v) is 2.60. The van der Waals surface area contributed by atoms with Crippen LogP contribution < -0.4 is 10.5 Å². The van der Waals surface area contributed by atoms with Gasteiger partial charge in [0.05, 0.1) is 5.56 Å².